The molecule has 128 valence electrons. The average Bonchev–Trinajstić information content (AvgIpc) is 3.16. The van der Waals surface area contributed by atoms with Crippen LogP contribution in [0.3, 0.4) is 0 Å². The summed E-state index contributed by atoms with van der Waals surface area (Å²) in [7, 11) is 0. The molecule has 0 bridgehead atoms. The highest BCUT2D eigenvalue weighted by atomic mass is 16.5. The summed E-state index contributed by atoms with van der Waals surface area (Å²) in [6.45, 7) is 10.5. The topological polar surface area (TPSA) is 71.3 Å². The van der Waals surface area contributed by atoms with Crippen LogP contribution < -0.4 is 5.32 Å². The third-order valence-electron chi connectivity index (χ3n) is 5.20. The maximum Gasteiger partial charge on any atom is 0.317 e. The fourth-order valence-electron chi connectivity index (χ4n) is 3.88. The number of amides is 2. The molecule has 1 saturated heterocycles. The number of carbonyl (C=O) groups excluding carboxylic acids is 1. The van der Waals surface area contributed by atoms with Crippen LogP contribution in [0, 0.1) is 11.8 Å². The van der Waals surface area contributed by atoms with Crippen molar-refractivity contribution in [2.75, 3.05) is 19.6 Å². The van der Waals surface area contributed by atoms with Crippen LogP contribution in [0.5, 0.6) is 0 Å². The van der Waals surface area contributed by atoms with Gasteiger partial charge in [0.15, 0.2) is 5.82 Å². The molecule has 2 amide bonds. The number of aromatic nitrogens is 2. The highest BCUT2D eigenvalue weighted by Crippen LogP contribution is 2.49. The molecular formula is C17H28N4O2. The molecule has 0 spiro atoms. The molecular weight excluding hydrogens is 292 g/mol. The summed E-state index contributed by atoms with van der Waals surface area (Å²) in [5, 5.41) is 7.30. The number of fused-ring (bicyclic) bond motifs is 1. The Labute approximate surface area is 138 Å². The number of nitrogens with one attached hydrogen (secondary N) is 1. The Hall–Kier alpha value is -1.59. The van der Waals surface area contributed by atoms with E-state index in [1.54, 1.807) is 0 Å². The van der Waals surface area contributed by atoms with E-state index < -0.39 is 0 Å². The molecule has 2 fully saturated rings. The van der Waals surface area contributed by atoms with Crippen molar-refractivity contribution >= 4 is 6.03 Å². The quantitative estimate of drug-likeness (QED) is 0.926. The summed E-state index contributed by atoms with van der Waals surface area (Å²) in [5.41, 5.74) is -0.105. The molecule has 0 unspecified atom stereocenters. The molecule has 6 nitrogen and oxygen atoms in total. The van der Waals surface area contributed by atoms with E-state index in [1.165, 1.54) is 6.42 Å². The van der Waals surface area contributed by atoms with Crippen molar-refractivity contribution < 1.29 is 9.32 Å². The number of rotatable bonds is 4. The molecule has 1 aromatic heterocycles. The molecule has 0 radical (unpaired) electrons. The van der Waals surface area contributed by atoms with E-state index in [4.69, 9.17) is 4.52 Å². The highest BCUT2D eigenvalue weighted by molar-refractivity contribution is 5.75. The van der Waals surface area contributed by atoms with Crippen LogP contribution in [0.15, 0.2) is 4.52 Å². The van der Waals surface area contributed by atoms with Crippen molar-refractivity contribution in [1.29, 1.82) is 0 Å². The van der Waals surface area contributed by atoms with Crippen molar-refractivity contribution in [1.82, 2.24) is 20.4 Å². The third kappa shape index (κ3) is 2.95. The van der Waals surface area contributed by atoms with E-state index in [9.17, 15) is 4.79 Å². The second-order valence-electron chi connectivity index (χ2n) is 7.82. The maximum absolute atomic E-state index is 12.4. The predicted octanol–water partition coefficient (Wildman–Crippen LogP) is 2.91. The van der Waals surface area contributed by atoms with E-state index in [1.807, 2.05) is 4.90 Å². The van der Waals surface area contributed by atoms with Gasteiger partial charge < -0.3 is 14.7 Å². The number of hydrogen-bond donors (Lipinski definition) is 1. The van der Waals surface area contributed by atoms with Gasteiger partial charge in [-0.25, -0.2) is 4.79 Å². The molecule has 1 aliphatic heterocycles. The summed E-state index contributed by atoms with van der Waals surface area (Å²) in [5.74, 6) is 2.65. The van der Waals surface area contributed by atoms with Crippen molar-refractivity contribution in [2.24, 2.45) is 11.8 Å². The van der Waals surface area contributed by atoms with Gasteiger partial charge in [0.1, 0.15) is 0 Å². The van der Waals surface area contributed by atoms with Crippen molar-refractivity contribution in [3.63, 3.8) is 0 Å². The van der Waals surface area contributed by atoms with Gasteiger partial charge >= 0.3 is 6.03 Å². The monoisotopic (exact) mass is 320 g/mol. The number of urea groups is 1. The Morgan fingerprint density at radius 2 is 2.22 bits per heavy atom. The van der Waals surface area contributed by atoms with Gasteiger partial charge in [-0.15, -0.1) is 0 Å². The minimum Gasteiger partial charge on any atom is -0.339 e. The van der Waals surface area contributed by atoms with Crippen LogP contribution in [0.4, 0.5) is 4.79 Å². The van der Waals surface area contributed by atoms with Crippen molar-refractivity contribution in [2.45, 2.75) is 58.3 Å². The Balaban J connectivity index is 1.76. The van der Waals surface area contributed by atoms with E-state index in [0.29, 0.717) is 30.8 Å². The van der Waals surface area contributed by atoms with Gasteiger partial charge in [0, 0.05) is 25.6 Å². The SMILES string of the molecule is CC(C)CNC(=O)N1C[C@H]2CCC[C@@]2(c2noc(C(C)C)n2)C1. The lowest BCUT2D eigenvalue weighted by molar-refractivity contribution is 0.202. The summed E-state index contributed by atoms with van der Waals surface area (Å²) in [4.78, 5) is 19.0. The van der Waals surface area contributed by atoms with E-state index >= 15 is 0 Å². The molecule has 23 heavy (non-hydrogen) atoms. The summed E-state index contributed by atoms with van der Waals surface area (Å²) >= 11 is 0. The Bertz CT molecular complexity index is 569. The Kier molecular flexibility index (Phi) is 4.34. The molecule has 1 aromatic rings. The van der Waals surface area contributed by atoms with Crippen LogP contribution in [0.2, 0.25) is 0 Å². The molecule has 0 aromatic carbocycles. The van der Waals surface area contributed by atoms with Gasteiger partial charge in [0.25, 0.3) is 0 Å². The minimum atomic E-state index is -0.105. The first-order chi connectivity index (χ1) is 10.9. The van der Waals surface area contributed by atoms with Gasteiger partial charge in [-0.05, 0) is 24.7 Å². The normalized spacial score (nSPS) is 27.0. The molecule has 2 heterocycles. The number of carbonyl (C=O) groups is 1. The van der Waals surface area contributed by atoms with E-state index in [2.05, 4.69) is 43.2 Å². The Morgan fingerprint density at radius 1 is 1.43 bits per heavy atom. The zero-order chi connectivity index (χ0) is 16.6. The lowest BCUT2D eigenvalue weighted by atomic mass is 9.80. The standard InChI is InChI=1S/C17H28N4O2/c1-11(2)8-18-16(22)21-9-13-6-5-7-17(13,10-21)15-19-14(12(3)4)23-20-15/h11-13H,5-10H2,1-4H3,(H,18,22)/t13-,17-/m1/s1. The summed E-state index contributed by atoms with van der Waals surface area (Å²) < 4.78 is 5.44. The second kappa shape index (κ2) is 6.13. The zero-order valence-electron chi connectivity index (χ0n) is 14.6. The largest absolute Gasteiger partial charge is 0.339 e. The van der Waals surface area contributed by atoms with Gasteiger partial charge in [0.2, 0.25) is 5.89 Å². The molecule has 1 N–H and O–H groups in total. The maximum atomic E-state index is 12.4. The first kappa shape index (κ1) is 16.3. The molecule has 1 saturated carbocycles. The minimum absolute atomic E-state index is 0.0417. The molecule has 2 aliphatic rings. The van der Waals surface area contributed by atoms with Gasteiger partial charge in [-0.1, -0.05) is 39.3 Å². The second-order valence-corrected chi connectivity index (χ2v) is 7.82. The third-order valence-corrected chi connectivity index (χ3v) is 5.20. The first-order valence-electron chi connectivity index (χ1n) is 8.79. The summed E-state index contributed by atoms with van der Waals surface area (Å²) in [6, 6.07) is 0.0417. The zero-order valence-corrected chi connectivity index (χ0v) is 14.6. The Morgan fingerprint density at radius 3 is 2.87 bits per heavy atom. The molecule has 6 heteroatoms. The van der Waals surface area contributed by atoms with Crippen LogP contribution >= 0.6 is 0 Å². The van der Waals surface area contributed by atoms with E-state index in [0.717, 1.165) is 25.2 Å². The van der Waals surface area contributed by atoms with Crippen LogP contribution in [0.25, 0.3) is 0 Å². The number of likely N-dealkylation sites (tertiary alicyclic amines) is 1. The van der Waals surface area contributed by atoms with Crippen molar-refractivity contribution in [3.05, 3.63) is 11.7 Å². The van der Waals surface area contributed by atoms with E-state index in [-0.39, 0.29) is 17.4 Å². The average molecular weight is 320 g/mol. The predicted molar refractivity (Wildman–Crippen MR) is 87.2 cm³/mol. The number of hydrogen-bond acceptors (Lipinski definition) is 4. The summed E-state index contributed by atoms with van der Waals surface area (Å²) in [6.07, 6.45) is 3.36. The fraction of sp³-hybridized carbons (Fsp3) is 0.824. The molecule has 2 atom stereocenters. The smallest absolute Gasteiger partial charge is 0.317 e. The number of nitrogens with zero attached hydrogens (tertiary/aromatic N) is 3. The van der Waals surface area contributed by atoms with Crippen molar-refractivity contribution in [3.8, 4) is 0 Å². The van der Waals surface area contributed by atoms with Gasteiger partial charge in [-0.2, -0.15) is 4.98 Å². The van der Waals surface area contributed by atoms with Crippen LogP contribution in [0.1, 0.15) is 64.6 Å². The van der Waals surface area contributed by atoms with Gasteiger partial charge in [0.05, 0.1) is 5.41 Å². The molecule has 3 rings (SSSR count). The molecule has 1 aliphatic carbocycles. The fourth-order valence-corrected chi connectivity index (χ4v) is 3.88. The lowest BCUT2D eigenvalue weighted by Crippen LogP contribution is -2.42. The van der Waals surface area contributed by atoms with Crippen LogP contribution in [-0.2, 0) is 5.41 Å². The van der Waals surface area contributed by atoms with Gasteiger partial charge in [-0.3, -0.25) is 0 Å². The van der Waals surface area contributed by atoms with Crippen LogP contribution in [-0.4, -0.2) is 40.7 Å². The lowest BCUT2D eigenvalue weighted by Gasteiger charge is -2.25. The first-order valence-corrected chi connectivity index (χ1v) is 8.79. The highest BCUT2D eigenvalue weighted by Gasteiger charge is 2.54.